The first-order chi connectivity index (χ1) is 6.20. The van der Waals surface area contributed by atoms with Crippen LogP contribution in [0, 0.1) is 0 Å². The molecule has 0 atom stereocenters. The Labute approximate surface area is 83.5 Å². The smallest absolute Gasteiger partial charge is 0.228 e. The van der Waals surface area contributed by atoms with Crippen LogP contribution in [0.3, 0.4) is 0 Å². The molecule has 0 fully saturated rings. The van der Waals surface area contributed by atoms with E-state index in [1.807, 2.05) is 12.1 Å². The molecule has 2 aromatic heterocycles. The predicted molar refractivity (Wildman–Crippen MR) is 53.7 cm³/mol. The summed E-state index contributed by atoms with van der Waals surface area (Å²) in [6, 6.07) is 3.68. The quantitative estimate of drug-likeness (QED) is 0.707. The first kappa shape index (κ1) is 8.44. The number of halogens is 1. The van der Waals surface area contributed by atoms with Gasteiger partial charge in [0.25, 0.3) is 0 Å². The second-order valence-corrected chi connectivity index (χ2v) is 3.59. The maximum Gasteiger partial charge on any atom is 0.228 e. The van der Waals surface area contributed by atoms with Gasteiger partial charge in [-0.25, -0.2) is 0 Å². The number of hydrogen-bond donors (Lipinski definition) is 0. The number of pyridine rings is 1. The summed E-state index contributed by atoms with van der Waals surface area (Å²) in [6.07, 6.45) is 3.44. The summed E-state index contributed by atoms with van der Waals surface area (Å²) >= 11 is 3.35. The van der Waals surface area contributed by atoms with Gasteiger partial charge in [-0.1, -0.05) is 0 Å². The maximum atomic E-state index is 11.2. The SMILES string of the molecule is CC(=O)n1cc(Br)c2ncccc21. The van der Waals surface area contributed by atoms with E-state index in [1.165, 1.54) is 6.92 Å². The number of carbonyl (C=O) groups is 1. The molecule has 0 saturated carbocycles. The third-order valence-electron chi connectivity index (χ3n) is 1.85. The lowest BCUT2D eigenvalue weighted by Gasteiger charge is -1.96. The van der Waals surface area contributed by atoms with E-state index in [-0.39, 0.29) is 5.91 Å². The first-order valence-corrected chi connectivity index (χ1v) is 4.62. The number of hydrogen-bond acceptors (Lipinski definition) is 2. The number of fused-ring (bicyclic) bond motifs is 1. The summed E-state index contributed by atoms with van der Waals surface area (Å²) in [6.45, 7) is 1.53. The molecule has 3 nitrogen and oxygen atoms in total. The van der Waals surface area contributed by atoms with Gasteiger partial charge in [-0.2, -0.15) is 0 Å². The molecule has 0 spiro atoms. The van der Waals surface area contributed by atoms with Gasteiger partial charge in [-0.15, -0.1) is 0 Å². The molecule has 66 valence electrons. The normalized spacial score (nSPS) is 10.6. The van der Waals surface area contributed by atoms with Crippen LogP contribution in [0.1, 0.15) is 11.7 Å². The standard InChI is InChI=1S/C9H7BrN2O/c1-6(13)12-5-7(10)9-8(12)3-2-4-11-9/h2-5H,1H3. The largest absolute Gasteiger partial charge is 0.285 e. The molecule has 2 aromatic rings. The van der Waals surface area contributed by atoms with E-state index in [1.54, 1.807) is 17.0 Å². The molecule has 0 amide bonds. The van der Waals surface area contributed by atoms with Gasteiger partial charge in [0.1, 0.15) is 5.52 Å². The van der Waals surface area contributed by atoms with E-state index in [2.05, 4.69) is 20.9 Å². The van der Waals surface area contributed by atoms with Crippen molar-refractivity contribution in [2.75, 3.05) is 0 Å². The van der Waals surface area contributed by atoms with Crippen molar-refractivity contribution in [1.29, 1.82) is 0 Å². The number of rotatable bonds is 0. The summed E-state index contributed by atoms with van der Waals surface area (Å²) in [5.41, 5.74) is 1.65. The third-order valence-corrected chi connectivity index (χ3v) is 2.43. The minimum Gasteiger partial charge on any atom is -0.285 e. The molecular weight excluding hydrogens is 232 g/mol. The molecule has 0 aliphatic rings. The Morgan fingerprint density at radius 3 is 3.08 bits per heavy atom. The molecule has 13 heavy (non-hydrogen) atoms. The van der Waals surface area contributed by atoms with Crippen LogP contribution in [0.2, 0.25) is 0 Å². The topological polar surface area (TPSA) is 34.9 Å². The first-order valence-electron chi connectivity index (χ1n) is 3.82. The van der Waals surface area contributed by atoms with E-state index in [0.29, 0.717) is 0 Å². The number of aromatic nitrogens is 2. The molecule has 0 saturated heterocycles. The average Bonchev–Trinajstić information content (AvgIpc) is 2.45. The van der Waals surface area contributed by atoms with E-state index >= 15 is 0 Å². The fourth-order valence-electron chi connectivity index (χ4n) is 1.28. The lowest BCUT2D eigenvalue weighted by Crippen LogP contribution is -2.02. The molecule has 4 heteroatoms. The highest BCUT2D eigenvalue weighted by Crippen LogP contribution is 2.23. The van der Waals surface area contributed by atoms with Crippen molar-refractivity contribution in [3.8, 4) is 0 Å². The third kappa shape index (κ3) is 1.27. The summed E-state index contributed by atoms with van der Waals surface area (Å²) in [7, 11) is 0. The molecule has 0 aromatic carbocycles. The van der Waals surface area contributed by atoms with Gasteiger partial charge in [0.2, 0.25) is 5.91 Å². The van der Waals surface area contributed by atoms with Gasteiger partial charge in [-0.05, 0) is 28.1 Å². The summed E-state index contributed by atoms with van der Waals surface area (Å²) in [4.78, 5) is 15.4. The van der Waals surface area contributed by atoms with Gasteiger partial charge in [-0.3, -0.25) is 14.3 Å². The molecule has 2 heterocycles. The Bertz CT molecular complexity index is 475. The van der Waals surface area contributed by atoms with Crippen molar-refractivity contribution in [2.24, 2.45) is 0 Å². The average molecular weight is 239 g/mol. The molecule has 0 N–H and O–H groups in total. The van der Waals surface area contributed by atoms with E-state index < -0.39 is 0 Å². The lowest BCUT2D eigenvalue weighted by atomic mass is 10.4. The molecule has 0 bridgehead atoms. The van der Waals surface area contributed by atoms with Gasteiger partial charge >= 0.3 is 0 Å². The Kier molecular flexibility index (Phi) is 1.92. The summed E-state index contributed by atoms with van der Waals surface area (Å²) in [5.74, 6) is -0.0105. The van der Waals surface area contributed by atoms with Crippen LogP contribution in [-0.2, 0) is 0 Å². The molecular formula is C9H7BrN2O. The molecule has 0 aliphatic carbocycles. The zero-order valence-electron chi connectivity index (χ0n) is 6.99. The Balaban J connectivity index is 2.85. The second kappa shape index (κ2) is 2.96. The van der Waals surface area contributed by atoms with E-state index in [0.717, 1.165) is 15.5 Å². The van der Waals surface area contributed by atoms with Crippen molar-refractivity contribution in [3.63, 3.8) is 0 Å². The Morgan fingerprint density at radius 2 is 2.38 bits per heavy atom. The highest BCUT2D eigenvalue weighted by atomic mass is 79.9. The molecule has 0 unspecified atom stereocenters. The van der Waals surface area contributed by atoms with Crippen molar-refractivity contribution in [1.82, 2.24) is 9.55 Å². The van der Waals surface area contributed by atoms with Gasteiger partial charge in [0.05, 0.1) is 9.99 Å². The zero-order chi connectivity index (χ0) is 9.42. The fraction of sp³-hybridized carbons (Fsp3) is 0.111. The van der Waals surface area contributed by atoms with Crippen LogP contribution in [0.4, 0.5) is 0 Å². The van der Waals surface area contributed by atoms with Crippen LogP contribution in [0.15, 0.2) is 29.0 Å². The minimum atomic E-state index is -0.0105. The fourth-order valence-corrected chi connectivity index (χ4v) is 1.79. The summed E-state index contributed by atoms with van der Waals surface area (Å²) < 4.78 is 2.42. The zero-order valence-corrected chi connectivity index (χ0v) is 8.58. The van der Waals surface area contributed by atoms with Crippen LogP contribution < -0.4 is 0 Å². The highest BCUT2D eigenvalue weighted by molar-refractivity contribution is 9.10. The summed E-state index contributed by atoms with van der Waals surface area (Å²) in [5, 5.41) is 0. The van der Waals surface area contributed by atoms with Crippen molar-refractivity contribution in [3.05, 3.63) is 29.0 Å². The number of nitrogens with zero attached hydrogens (tertiary/aromatic N) is 2. The highest BCUT2D eigenvalue weighted by Gasteiger charge is 2.08. The maximum absolute atomic E-state index is 11.2. The van der Waals surface area contributed by atoms with E-state index in [9.17, 15) is 4.79 Å². The Morgan fingerprint density at radius 1 is 1.62 bits per heavy atom. The number of carbonyl (C=O) groups excluding carboxylic acids is 1. The predicted octanol–water partition coefficient (Wildman–Crippen LogP) is 2.46. The monoisotopic (exact) mass is 238 g/mol. The van der Waals surface area contributed by atoms with E-state index in [4.69, 9.17) is 0 Å². The Hall–Kier alpha value is -1.16. The second-order valence-electron chi connectivity index (χ2n) is 2.74. The van der Waals surface area contributed by atoms with Crippen LogP contribution in [0.5, 0.6) is 0 Å². The molecule has 0 radical (unpaired) electrons. The van der Waals surface area contributed by atoms with Crippen LogP contribution in [-0.4, -0.2) is 15.5 Å². The lowest BCUT2D eigenvalue weighted by molar-refractivity contribution is 0.0941. The van der Waals surface area contributed by atoms with Crippen molar-refractivity contribution >= 4 is 32.9 Å². The van der Waals surface area contributed by atoms with Gasteiger partial charge < -0.3 is 0 Å². The van der Waals surface area contributed by atoms with Crippen molar-refractivity contribution < 1.29 is 4.79 Å². The van der Waals surface area contributed by atoms with Crippen LogP contribution in [0.25, 0.3) is 11.0 Å². The van der Waals surface area contributed by atoms with Gasteiger partial charge in [0, 0.05) is 19.3 Å². The molecule has 0 aliphatic heterocycles. The van der Waals surface area contributed by atoms with Crippen molar-refractivity contribution in [2.45, 2.75) is 6.92 Å². The minimum absolute atomic E-state index is 0.0105. The molecule has 2 rings (SSSR count). The van der Waals surface area contributed by atoms with Crippen LogP contribution >= 0.6 is 15.9 Å². The van der Waals surface area contributed by atoms with Gasteiger partial charge in [0.15, 0.2) is 0 Å².